The summed E-state index contributed by atoms with van der Waals surface area (Å²) in [4.78, 5) is 11.3. The molecule has 0 aliphatic heterocycles. The number of hydrogen-bond acceptors (Lipinski definition) is 1. The van der Waals surface area contributed by atoms with E-state index in [9.17, 15) is 9.90 Å². The first kappa shape index (κ1) is 15.7. The van der Waals surface area contributed by atoms with Crippen molar-refractivity contribution in [2.24, 2.45) is 5.41 Å². The highest BCUT2D eigenvalue weighted by Crippen LogP contribution is 2.25. The van der Waals surface area contributed by atoms with Gasteiger partial charge in [-0.05, 0) is 23.8 Å². The van der Waals surface area contributed by atoms with E-state index in [4.69, 9.17) is 0 Å². The average Bonchev–Trinajstić information content (AvgIpc) is 2.33. The third-order valence-electron chi connectivity index (χ3n) is 3.42. The summed E-state index contributed by atoms with van der Waals surface area (Å²) in [5.41, 5.74) is 1.30. The predicted octanol–water partition coefficient (Wildman–Crippen LogP) is 4.85. The third kappa shape index (κ3) is 6.42. The Kier molecular flexibility index (Phi) is 6.07. The molecular formula is C17H26O2. The molecule has 2 heteroatoms. The van der Waals surface area contributed by atoms with E-state index < -0.39 is 5.97 Å². The van der Waals surface area contributed by atoms with Crippen molar-refractivity contribution in [3.63, 3.8) is 0 Å². The smallest absolute Gasteiger partial charge is 0.310 e. The van der Waals surface area contributed by atoms with Crippen molar-refractivity contribution < 1.29 is 9.90 Å². The predicted molar refractivity (Wildman–Crippen MR) is 79.4 cm³/mol. The highest BCUT2D eigenvalue weighted by Gasteiger charge is 2.19. The first-order valence-electron chi connectivity index (χ1n) is 7.18. The zero-order valence-corrected chi connectivity index (χ0v) is 12.4. The molecule has 0 aliphatic carbocycles. The second-order valence-corrected chi connectivity index (χ2v) is 6.46. The van der Waals surface area contributed by atoms with Crippen molar-refractivity contribution in [1.29, 1.82) is 0 Å². The molecule has 0 fully saturated rings. The average molecular weight is 262 g/mol. The molecule has 0 aliphatic rings. The SMILES string of the molecule is CC(C)(C)CCCCCC(C(=O)O)c1ccccc1. The fraction of sp³-hybridized carbons (Fsp3) is 0.588. The molecule has 0 heterocycles. The van der Waals surface area contributed by atoms with Crippen LogP contribution in [0.1, 0.15) is 64.4 Å². The minimum absolute atomic E-state index is 0.351. The third-order valence-corrected chi connectivity index (χ3v) is 3.42. The molecular weight excluding hydrogens is 236 g/mol. The Balaban J connectivity index is 2.38. The van der Waals surface area contributed by atoms with Gasteiger partial charge in [-0.2, -0.15) is 0 Å². The van der Waals surface area contributed by atoms with Gasteiger partial charge in [-0.15, -0.1) is 0 Å². The number of carbonyl (C=O) groups is 1. The summed E-state index contributed by atoms with van der Waals surface area (Å²) < 4.78 is 0. The summed E-state index contributed by atoms with van der Waals surface area (Å²) in [6, 6.07) is 9.56. The lowest BCUT2D eigenvalue weighted by Gasteiger charge is -2.18. The normalized spacial score (nSPS) is 13.2. The summed E-state index contributed by atoms with van der Waals surface area (Å²) in [6.45, 7) is 6.74. The van der Waals surface area contributed by atoms with Crippen LogP contribution in [0.25, 0.3) is 0 Å². The molecule has 19 heavy (non-hydrogen) atoms. The first-order valence-corrected chi connectivity index (χ1v) is 7.18. The maximum absolute atomic E-state index is 11.3. The van der Waals surface area contributed by atoms with E-state index in [-0.39, 0.29) is 5.92 Å². The van der Waals surface area contributed by atoms with Gasteiger partial charge < -0.3 is 5.11 Å². The zero-order valence-electron chi connectivity index (χ0n) is 12.4. The molecule has 2 nitrogen and oxygen atoms in total. The minimum Gasteiger partial charge on any atom is -0.481 e. The Hall–Kier alpha value is -1.31. The quantitative estimate of drug-likeness (QED) is 0.713. The highest BCUT2D eigenvalue weighted by molar-refractivity contribution is 5.75. The lowest BCUT2D eigenvalue weighted by Crippen LogP contribution is -2.11. The molecule has 1 atom stereocenters. The Bertz CT molecular complexity index is 376. The van der Waals surface area contributed by atoms with E-state index >= 15 is 0 Å². The van der Waals surface area contributed by atoms with Gasteiger partial charge in [-0.1, -0.05) is 70.4 Å². The van der Waals surface area contributed by atoms with E-state index in [1.54, 1.807) is 0 Å². The van der Waals surface area contributed by atoms with Crippen LogP contribution in [0.4, 0.5) is 0 Å². The molecule has 1 unspecified atom stereocenters. The molecule has 1 rings (SSSR count). The Morgan fingerprint density at radius 3 is 2.26 bits per heavy atom. The van der Waals surface area contributed by atoms with Crippen molar-refractivity contribution in [2.75, 3.05) is 0 Å². The highest BCUT2D eigenvalue weighted by atomic mass is 16.4. The molecule has 0 spiro atoms. The Morgan fingerprint density at radius 2 is 1.74 bits per heavy atom. The van der Waals surface area contributed by atoms with Crippen LogP contribution in [0, 0.1) is 5.41 Å². The lowest BCUT2D eigenvalue weighted by atomic mass is 9.88. The molecule has 0 saturated heterocycles. The van der Waals surface area contributed by atoms with Gasteiger partial charge in [0.1, 0.15) is 0 Å². The number of benzene rings is 1. The van der Waals surface area contributed by atoms with Gasteiger partial charge in [0.2, 0.25) is 0 Å². The maximum Gasteiger partial charge on any atom is 0.310 e. The van der Waals surface area contributed by atoms with Gasteiger partial charge in [0.25, 0.3) is 0 Å². The van der Waals surface area contributed by atoms with Gasteiger partial charge in [0.05, 0.1) is 5.92 Å². The van der Waals surface area contributed by atoms with E-state index in [0.29, 0.717) is 5.41 Å². The van der Waals surface area contributed by atoms with Crippen LogP contribution in [0.5, 0.6) is 0 Å². The standard InChI is InChI=1S/C17H26O2/c1-17(2,3)13-9-5-8-12-15(16(18)19)14-10-6-4-7-11-14/h4,6-7,10-11,15H,5,8-9,12-13H2,1-3H3,(H,18,19). The van der Waals surface area contributed by atoms with Crippen LogP contribution < -0.4 is 0 Å². The summed E-state index contributed by atoms with van der Waals surface area (Å²) in [5.74, 6) is -1.06. The largest absolute Gasteiger partial charge is 0.481 e. The molecule has 0 bridgehead atoms. The second-order valence-electron chi connectivity index (χ2n) is 6.46. The van der Waals surface area contributed by atoms with Gasteiger partial charge >= 0.3 is 5.97 Å². The molecule has 1 aromatic rings. The van der Waals surface area contributed by atoms with Gasteiger partial charge in [-0.3, -0.25) is 4.79 Å². The second kappa shape index (κ2) is 7.32. The van der Waals surface area contributed by atoms with E-state index in [1.807, 2.05) is 30.3 Å². The van der Waals surface area contributed by atoms with Crippen LogP contribution in [0.2, 0.25) is 0 Å². The van der Waals surface area contributed by atoms with Crippen LogP contribution in [-0.4, -0.2) is 11.1 Å². The van der Waals surface area contributed by atoms with Crippen molar-refractivity contribution >= 4 is 5.97 Å². The monoisotopic (exact) mass is 262 g/mol. The molecule has 0 amide bonds. The van der Waals surface area contributed by atoms with Crippen LogP contribution in [0.3, 0.4) is 0 Å². The van der Waals surface area contributed by atoms with Crippen molar-refractivity contribution in [3.8, 4) is 0 Å². The summed E-state index contributed by atoms with van der Waals surface area (Å²) in [6.07, 6.45) is 5.24. The number of carboxylic acid groups (broad SMARTS) is 1. The minimum atomic E-state index is -0.706. The Labute approximate surface area is 116 Å². The van der Waals surface area contributed by atoms with Crippen molar-refractivity contribution in [1.82, 2.24) is 0 Å². The Morgan fingerprint density at radius 1 is 1.11 bits per heavy atom. The molecule has 0 saturated carbocycles. The zero-order chi connectivity index (χ0) is 14.3. The van der Waals surface area contributed by atoms with Crippen LogP contribution in [0.15, 0.2) is 30.3 Å². The van der Waals surface area contributed by atoms with Crippen LogP contribution >= 0.6 is 0 Å². The summed E-state index contributed by atoms with van der Waals surface area (Å²) in [5, 5.41) is 9.31. The fourth-order valence-electron chi connectivity index (χ4n) is 2.30. The summed E-state index contributed by atoms with van der Waals surface area (Å²) >= 11 is 0. The van der Waals surface area contributed by atoms with Gasteiger partial charge in [0.15, 0.2) is 0 Å². The number of carboxylic acids is 1. The summed E-state index contributed by atoms with van der Waals surface area (Å²) in [7, 11) is 0. The lowest BCUT2D eigenvalue weighted by molar-refractivity contribution is -0.139. The number of aliphatic carboxylic acids is 1. The number of rotatable bonds is 7. The maximum atomic E-state index is 11.3. The molecule has 1 aromatic carbocycles. The van der Waals surface area contributed by atoms with E-state index in [0.717, 1.165) is 24.8 Å². The van der Waals surface area contributed by atoms with Crippen molar-refractivity contribution in [2.45, 2.75) is 58.8 Å². The topological polar surface area (TPSA) is 37.3 Å². The number of unbranched alkanes of at least 4 members (excludes halogenated alkanes) is 2. The van der Waals surface area contributed by atoms with Crippen LogP contribution in [-0.2, 0) is 4.79 Å². The molecule has 0 radical (unpaired) electrons. The fourth-order valence-corrected chi connectivity index (χ4v) is 2.30. The first-order chi connectivity index (χ1) is 8.90. The molecule has 0 aromatic heterocycles. The van der Waals surface area contributed by atoms with Crippen molar-refractivity contribution in [3.05, 3.63) is 35.9 Å². The molecule has 1 N–H and O–H groups in total. The molecule has 106 valence electrons. The van der Waals surface area contributed by atoms with E-state index in [2.05, 4.69) is 20.8 Å². The van der Waals surface area contributed by atoms with E-state index in [1.165, 1.54) is 12.8 Å². The number of hydrogen-bond donors (Lipinski definition) is 1. The van der Waals surface area contributed by atoms with Gasteiger partial charge in [-0.25, -0.2) is 0 Å². The van der Waals surface area contributed by atoms with Gasteiger partial charge in [0, 0.05) is 0 Å².